The van der Waals surface area contributed by atoms with Gasteiger partial charge in [0.2, 0.25) is 0 Å². The highest BCUT2D eigenvalue weighted by Crippen LogP contribution is 2.36. The van der Waals surface area contributed by atoms with Crippen molar-refractivity contribution in [1.82, 2.24) is 9.78 Å². The van der Waals surface area contributed by atoms with Crippen LogP contribution in [0.2, 0.25) is 0 Å². The van der Waals surface area contributed by atoms with Crippen LogP contribution in [0.5, 0.6) is 0 Å². The highest BCUT2D eigenvalue weighted by atomic mass is 32.1. The fourth-order valence-corrected chi connectivity index (χ4v) is 2.80. The number of aryl methyl sites for hydroxylation is 1. The van der Waals surface area contributed by atoms with Crippen LogP contribution in [0.3, 0.4) is 0 Å². The van der Waals surface area contributed by atoms with E-state index in [4.69, 9.17) is 5.73 Å². The van der Waals surface area contributed by atoms with Crippen molar-refractivity contribution in [3.8, 4) is 11.1 Å². The summed E-state index contributed by atoms with van der Waals surface area (Å²) in [6, 6.07) is 8.34. The van der Waals surface area contributed by atoms with Crippen molar-refractivity contribution in [2.24, 2.45) is 7.05 Å². The summed E-state index contributed by atoms with van der Waals surface area (Å²) in [5, 5.41) is 7.55. The van der Waals surface area contributed by atoms with Gasteiger partial charge in [0.1, 0.15) is 5.82 Å². The molecule has 80 valence electrons. The first-order valence-corrected chi connectivity index (χ1v) is 5.89. The van der Waals surface area contributed by atoms with Crippen LogP contribution in [0.15, 0.2) is 35.8 Å². The number of hydrogen-bond donors (Lipinski definition) is 1. The largest absolute Gasteiger partial charge is 0.383 e. The van der Waals surface area contributed by atoms with Crippen LogP contribution in [0.4, 0.5) is 5.82 Å². The minimum absolute atomic E-state index is 0.712. The van der Waals surface area contributed by atoms with E-state index < -0.39 is 0 Å². The normalized spacial score (nSPS) is 11.1. The zero-order valence-electron chi connectivity index (χ0n) is 8.84. The van der Waals surface area contributed by atoms with Crippen LogP contribution in [0, 0.1) is 0 Å². The van der Waals surface area contributed by atoms with E-state index in [1.54, 1.807) is 16.0 Å². The van der Waals surface area contributed by atoms with Gasteiger partial charge in [0.05, 0.1) is 6.20 Å². The highest BCUT2D eigenvalue weighted by molar-refractivity contribution is 7.17. The number of fused-ring (bicyclic) bond motifs is 1. The van der Waals surface area contributed by atoms with Crippen molar-refractivity contribution in [2.45, 2.75) is 0 Å². The van der Waals surface area contributed by atoms with E-state index in [9.17, 15) is 0 Å². The molecule has 0 aliphatic rings. The molecule has 3 nitrogen and oxygen atoms in total. The zero-order valence-corrected chi connectivity index (χ0v) is 9.66. The van der Waals surface area contributed by atoms with Gasteiger partial charge in [-0.1, -0.05) is 18.2 Å². The average molecular weight is 229 g/mol. The van der Waals surface area contributed by atoms with Crippen molar-refractivity contribution in [1.29, 1.82) is 0 Å². The molecule has 0 spiro atoms. The molecule has 0 radical (unpaired) electrons. The topological polar surface area (TPSA) is 43.8 Å². The average Bonchev–Trinajstić information content (AvgIpc) is 2.85. The molecule has 1 aromatic carbocycles. The van der Waals surface area contributed by atoms with E-state index in [-0.39, 0.29) is 0 Å². The monoisotopic (exact) mass is 229 g/mol. The van der Waals surface area contributed by atoms with E-state index in [2.05, 4.69) is 28.7 Å². The lowest BCUT2D eigenvalue weighted by atomic mass is 10.1. The van der Waals surface area contributed by atoms with Gasteiger partial charge in [0, 0.05) is 28.3 Å². The summed E-state index contributed by atoms with van der Waals surface area (Å²) in [6.45, 7) is 0. The summed E-state index contributed by atoms with van der Waals surface area (Å²) in [6.07, 6.45) is 1.82. The van der Waals surface area contributed by atoms with Crippen molar-refractivity contribution in [2.75, 3.05) is 5.73 Å². The third-order valence-electron chi connectivity index (χ3n) is 2.76. The first kappa shape index (κ1) is 9.42. The van der Waals surface area contributed by atoms with Gasteiger partial charge in [0.15, 0.2) is 0 Å². The molecule has 2 heterocycles. The smallest absolute Gasteiger partial charge is 0.129 e. The molecule has 3 rings (SSSR count). The molecular weight excluding hydrogens is 218 g/mol. The first-order valence-electron chi connectivity index (χ1n) is 5.01. The number of aromatic nitrogens is 2. The molecule has 0 aliphatic carbocycles. The number of nitrogens with two attached hydrogens (primary N) is 1. The Bertz CT molecular complexity index is 651. The Morgan fingerprint density at radius 2 is 2.06 bits per heavy atom. The summed E-state index contributed by atoms with van der Waals surface area (Å²) in [5.41, 5.74) is 8.18. The Morgan fingerprint density at radius 3 is 2.81 bits per heavy atom. The summed E-state index contributed by atoms with van der Waals surface area (Å²) in [5.74, 6) is 0.712. The van der Waals surface area contributed by atoms with E-state index in [1.807, 2.05) is 19.3 Å². The minimum atomic E-state index is 0.712. The molecule has 2 N–H and O–H groups in total. The molecule has 3 aromatic rings. The molecule has 0 aliphatic heterocycles. The molecule has 0 saturated carbocycles. The maximum absolute atomic E-state index is 5.99. The van der Waals surface area contributed by atoms with Crippen molar-refractivity contribution in [3.63, 3.8) is 0 Å². The number of benzene rings is 1. The van der Waals surface area contributed by atoms with Gasteiger partial charge in [-0.05, 0) is 11.4 Å². The second kappa shape index (κ2) is 3.35. The standard InChI is InChI=1S/C12H11N3S/c1-15-12(13)9(6-14-15)10-7-16-11-5-3-2-4-8(10)11/h2-7H,13H2,1H3. The third kappa shape index (κ3) is 1.23. The first-order chi connectivity index (χ1) is 7.77. The van der Waals surface area contributed by atoms with Crippen LogP contribution < -0.4 is 5.73 Å². The van der Waals surface area contributed by atoms with Crippen molar-refractivity contribution in [3.05, 3.63) is 35.8 Å². The van der Waals surface area contributed by atoms with E-state index >= 15 is 0 Å². The number of hydrogen-bond acceptors (Lipinski definition) is 3. The summed E-state index contributed by atoms with van der Waals surface area (Å²) in [7, 11) is 1.85. The fourth-order valence-electron chi connectivity index (χ4n) is 1.84. The number of nitrogens with zero attached hydrogens (tertiary/aromatic N) is 2. The Hall–Kier alpha value is -1.81. The molecule has 0 atom stereocenters. The van der Waals surface area contributed by atoms with Gasteiger partial charge in [-0.3, -0.25) is 4.68 Å². The van der Waals surface area contributed by atoms with Crippen LogP contribution in [0.1, 0.15) is 0 Å². The second-order valence-corrected chi connectivity index (χ2v) is 4.62. The number of rotatable bonds is 1. The fraction of sp³-hybridized carbons (Fsp3) is 0.0833. The second-order valence-electron chi connectivity index (χ2n) is 3.71. The number of nitrogen functional groups attached to an aromatic ring is 1. The van der Waals surface area contributed by atoms with E-state index in [0.717, 1.165) is 5.56 Å². The summed E-state index contributed by atoms with van der Waals surface area (Å²) < 4.78 is 2.97. The Balaban J connectivity index is 2.30. The van der Waals surface area contributed by atoms with Crippen molar-refractivity contribution < 1.29 is 0 Å². The van der Waals surface area contributed by atoms with Gasteiger partial charge in [-0.15, -0.1) is 11.3 Å². The van der Waals surface area contributed by atoms with Gasteiger partial charge < -0.3 is 5.73 Å². The van der Waals surface area contributed by atoms with E-state index in [0.29, 0.717) is 5.82 Å². The SMILES string of the molecule is Cn1ncc(-c2csc3ccccc23)c1N. The maximum Gasteiger partial charge on any atom is 0.129 e. The van der Waals surface area contributed by atoms with Gasteiger partial charge in [-0.2, -0.15) is 5.10 Å². The lowest BCUT2D eigenvalue weighted by Crippen LogP contribution is -1.97. The van der Waals surface area contributed by atoms with E-state index in [1.165, 1.54) is 15.6 Å². The minimum Gasteiger partial charge on any atom is -0.383 e. The van der Waals surface area contributed by atoms with Crippen molar-refractivity contribution >= 4 is 27.2 Å². The third-order valence-corrected chi connectivity index (χ3v) is 3.72. The zero-order chi connectivity index (χ0) is 11.1. The van der Waals surface area contributed by atoms with Gasteiger partial charge in [-0.25, -0.2) is 0 Å². The Kier molecular flexibility index (Phi) is 1.97. The molecule has 0 fully saturated rings. The molecule has 0 saturated heterocycles. The molecule has 4 heteroatoms. The Labute approximate surface area is 97.1 Å². The lowest BCUT2D eigenvalue weighted by Gasteiger charge is -1.98. The summed E-state index contributed by atoms with van der Waals surface area (Å²) >= 11 is 1.73. The van der Waals surface area contributed by atoms with Gasteiger partial charge in [0.25, 0.3) is 0 Å². The highest BCUT2D eigenvalue weighted by Gasteiger charge is 2.11. The predicted molar refractivity (Wildman–Crippen MR) is 68.4 cm³/mol. The van der Waals surface area contributed by atoms with Crippen LogP contribution in [0.25, 0.3) is 21.2 Å². The quantitative estimate of drug-likeness (QED) is 0.697. The molecule has 2 aromatic heterocycles. The molecule has 0 bridgehead atoms. The summed E-state index contributed by atoms with van der Waals surface area (Å²) in [4.78, 5) is 0. The van der Waals surface area contributed by atoms with Crippen LogP contribution >= 0.6 is 11.3 Å². The molecule has 0 amide bonds. The Morgan fingerprint density at radius 1 is 1.25 bits per heavy atom. The van der Waals surface area contributed by atoms with Crippen LogP contribution in [-0.2, 0) is 7.05 Å². The molecule has 0 unspecified atom stereocenters. The lowest BCUT2D eigenvalue weighted by molar-refractivity contribution is 0.779. The maximum atomic E-state index is 5.99. The molecule has 16 heavy (non-hydrogen) atoms. The van der Waals surface area contributed by atoms with Crippen LogP contribution in [-0.4, -0.2) is 9.78 Å². The number of anilines is 1. The molecular formula is C12H11N3S. The van der Waals surface area contributed by atoms with Gasteiger partial charge >= 0.3 is 0 Å². The predicted octanol–water partition coefficient (Wildman–Crippen LogP) is 2.88. The number of thiophene rings is 1.